The molecule has 0 radical (unpaired) electrons. The van der Waals surface area contributed by atoms with Crippen LogP contribution in [0.15, 0.2) is 83.8 Å². The Balaban J connectivity index is 1.48. The summed E-state index contributed by atoms with van der Waals surface area (Å²) in [5.74, 6) is 0.874. The number of nitrogens with zero attached hydrogens (tertiary/aromatic N) is 1. The summed E-state index contributed by atoms with van der Waals surface area (Å²) in [6, 6.07) is 23.4. The van der Waals surface area contributed by atoms with Crippen LogP contribution in [0.2, 0.25) is 0 Å². The third-order valence-electron chi connectivity index (χ3n) is 4.65. The number of sulfonamides is 1. The largest absolute Gasteiger partial charge is 0.489 e. The van der Waals surface area contributed by atoms with Gasteiger partial charge < -0.3 is 14.8 Å². The minimum atomic E-state index is -3.60. The van der Waals surface area contributed by atoms with Crippen molar-refractivity contribution in [1.29, 1.82) is 0 Å². The summed E-state index contributed by atoms with van der Waals surface area (Å²) >= 11 is 0. The van der Waals surface area contributed by atoms with Crippen LogP contribution >= 0.6 is 0 Å². The van der Waals surface area contributed by atoms with E-state index in [0.717, 1.165) is 9.87 Å². The lowest BCUT2D eigenvalue weighted by Crippen LogP contribution is -2.30. The average Bonchev–Trinajstić information content (AvgIpc) is 2.81. The molecule has 3 aromatic rings. The van der Waals surface area contributed by atoms with Crippen molar-refractivity contribution in [3.05, 3.63) is 90.0 Å². The number of carbonyl (C=O) groups excluding carboxylic acids is 1. The molecule has 3 aromatic carbocycles. The van der Waals surface area contributed by atoms with Crippen LogP contribution in [-0.4, -0.2) is 39.3 Å². The summed E-state index contributed by atoms with van der Waals surface area (Å²) in [4.78, 5) is 12.4. The molecule has 0 unspecified atom stereocenters. The first-order valence-electron chi connectivity index (χ1n) is 10.0. The Hall–Kier alpha value is -3.36. The van der Waals surface area contributed by atoms with Gasteiger partial charge in [-0.1, -0.05) is 48.5 Å². The highest BCUT2D eigenvalue weighted by atomic mass is 32.2. The molecule has 0 bridgehead atoms. The van der Waals surface area contributed by atoms with E-state index in [2.05, 4.69) is 5.32 Å². The second-order valence-electron chi connectivity index (χ2n) is 7.21. The Morgan fingerprint density at radius 2 is 1.44 bits per heavy atom. The van der Waals surface area contributed by atoms with Crippen LogP contribution in [0.5, 0.6) is 11.5 Å². The highest BCUT2D eigenvalue weighted by Crippen LogP contribution is 2.20. The molecule has 0 saturated carbocycles. The van der Waals surface area contributed by atoms with Crippen LogP contribution in [0.3, 0.4) is 0 Å². The van der Waals surface area contributed by atoms with Crippen LogP contribution in [0, 0.1) is 0 Å². The second kappa shape index (κ2) is 10.8. The molecule has 1 N–H and O–H groups in total. The van der Waals surface area contributed by atoms with Crippen molar-refractivity contribution < 1.29 is 22.7 Å². The van der Waals surface area contributed by atoms with Crippen LogP contribution in [-0.2, 0) is 28.0 Å². The van der Waals surface area contributed by atoms with Crippen molar-refractivity contribution in [1.82, 2.24) is 9.62 Å². The fraction of sp³-hybridized carbons (Fsp3) is 0.208. The van der Waals surface area contributed by atoms with E-state index >= 15 is 0 Å². The van der Waals surface area contributed by atoms with Crippen LogP contribution in [0.1, 0.15) is 11.1 Å². The first-order valence-corrected chi connectivity index (χ1v) is 11.5. The van der Waals surface area contributed by atoms with E-state index in [-0.39, 0.29) is 24.0 Å². The SMILES string of the molecule is CN(C)S(=O)(=O)c1ccccc1CNC(=O)COc1ccc(OCc2ccccc2)cc1. The molecule has 0 heterocycles. The predicted molar refractivity (Wildman–Crippen MR) is 122 cm³/mol. The first kappa shape index (κ1) is 23.3. The van der Waals surface area contributed by atoms with Gasteiger partial charge in [-0.25, -0.2) is 12.7 Å². The number of benzene rings is 3. The fourth-order valence-electron chi connectivity index (χ4n) is 2.86. The molecule has 0 atom stereocenters. The number of hydrogen-bond donors (Lipinski definition) is 1. The van der Waals surface area contributed by atoms with Gasteiger partial charge in [0.25, 0.3) is 5.91 Å². The van der Waals surface area contributed by atoms with Gasteiger partial charge in [0.05, 0.1) is 4.90 Å². The smallest absolute Gasteiger partial charge is 0.258 e. The lowest BCUT2D eigenvalue weighted by atomic mass is 10.2. The second-order valence-corrected chi connectivity index (χ2v) is 9.33. The monoisotopic (exact) mass is 454 g/mol. The number of rotatable bonds is 10. The zero-order valence-corrected chi connectivity index (χ0v) is 18.8. The van der Waals surface area contributed by atoms with Crippen molar-refractivity contribution in [3.63, 3.8) is 0 Å². The zero-order chi connectivity index (χ0) is 23.0. The van der Waals surface area contributed by atoms with Gasteiger partial charge in [-0.3, -0.25) is 4.79 Å². The predicted octanol–water partition coefficient (Wildman–Crippen LogP) is 3.21. The summed E-state index contributed by atoms with van der Waals surface area (Å²) in [6.07, 6.45) is 0. The highest BCUT2D eigenvalue weighted by Gasteiger charge is 2.20. The van der Waals surface area contributed by atoms with E-state index in [1.807, 2.05) is 30.3 Å². The minimum absolute atomic E-state index is 0.0811. The normalized spacial score (nSPS) is 11.2. The molecule has 0 saturated heterocycles. The molecule has 0 spiro atoms. The minimum Gasteiger partial charge on any atom is -0.489 e. The van der Waals surface area contributed by atoms with Crippen molar-refractivity contribution in [2.24, 2.45) is 0 Å². The van der Waals surface area contributed by atoms with Gasteiger partial charge in [-0.15, -0.1) is 0 Å². The Morgan fingerprint density at radius 3 is 2.09 bits per heavy atom. The molecule has 0 aliphatic carbocycles. The zero-order valence-electron chi connectivity index (χ0n) is 18.0. The van der Waals surface area contributed by atoms with E-state index in [0.29, 0.717) is 23.7 Å². The number of ether oxygens (including phenoxy) is 2. The molecule has 8 heteroatoms. The molecule has 0 aliphatic heterocycles. The molecule has 0 aliphatic rings. The molecule has 168 valence electrons. The van der Waals surface area contributed by atoms with Crippen molar-refractivity contribution in [2.75, 3.05) is 20.7 Å². The summed E-state index contributed by atoms with van der Waals surface area (Å²) in [6.45, 7) is 0.360. The summed E-state index contributed by atoms with van der Waals surface area (Å²) in [5, 5.41) is 2.70. The van der Waals surface area contributed by atoms with Gasteiger partial charge in [-0.2, -0.15) is 0 Å². The topological polar surface area (TPSA) is 84.9 Å². The molecule has 3 rings (SSSR count). The number of amides is 1. The van der Waals surface area contributed by atoms with E-state index in [4.69, 9.17) is 9.47 Å². The van der Waals surface area contributed by atoms with Crippen LogP contribution < -0.4 is 14.8 Å². The van der Waals surface area contributed by atoms with E-state index in [1.165, 1.54) is 20.2 Å². The lowest BCUT2D eigenvalue weighted by Gasteiger charge is -2.15. The van der Waals surface area contributed by atoms with Crippen LogP contribution in [0.4, 0.5) is 0 Å². The average molecular weight is 455 g/mol. The molecule has 1 amide bonds. The molecule has 32 heavy (non-hydrogen) atoms. The summed E-state index contributed by atoms with van der Waals surface area (Å²) in [5.41, 5.74) is 1.58. The van der Waals surface area contributed by atoms with Gasteiger partial charge in [0, 0.05) is 20.6 Å². The number of nitrogens with one attached hydrogen (secondary N) is 1. The maximum atomic E-state index is 12.4. The Morgan fingerprint density at radius 1 is 0.844 bits per heavy atom. The van der Waals surface area contributed by atoms with Gasteiger partial charge in [-0.05, 0) is 41.5 Å². The number of hydrogen-bond acceptors (Lipinski definition) is 5. The molecule has 0 fully saturated rings. The first-order chi connectivity index (χ1) is 15.4. The fourth-order valence-corrected chi connectivity index (χ4v) is 3.98. The Labute approximate surface area is 188 Å². The Bertz CT molecular complexity index is 1130. The van der Waals surface area contributed by atoms with Gasteiger partial charge >= 0.3 is 0 Å². The van der Waals surface area contributed by atoms with E-state index < -0.39 is 10.0 Å². The van der Waals surface area contributed by atoms with Gasteiger partial charge in [0.1, 0.15) is 18.1 Å². The van der Waals surface area contributed by atoms with Crippen molar-refractivity contribution in [3.8, 4) is 11.5 Å². The highest BCUT2D eigenvalue weighted by molar-refractivity contribution is 7.89. The summed E-state index contributed by atoms with van der Waals surface area (Å²) < 4.78 is 37.3. The Kier molecular flexibility index (Phi) is 7.86. The van der Waals surface area contributed by atoms with E-state index in [9.17, 15) is 13.2 Å². The molecule has 7 nitrogen and oxygen atoms in total. The maximum absolute atomic E-state index is 12.4. The third-order valence-corrected chi connectivity index (χ3v) is 6.56. The number of carbonyl (C=O) groups is 1. The van der Waals surface area contributed by atoms with Crippen molar-refractivity contribution in [2.45, 2.75) is 18.0 Å². The molecular weight excluding hydrogens is 428 g/mol. The quantitative estimate of drug-likeness (QED) is 0.509. The van der Waals surface area contributed by atoms with Gasteiger partial charge in [0.2, 0.25) is 10.0 Å². The van der Waals surface area contributed by atoms with E-state index in [1.54, 1.807) is 42.5 Å². The van der Waals surface area contributed by atoms with Crippen LogP contribution in [0.25, 0.3) is 0 Å². The molecule has 0 aromatic heterocycles. The molecular formula is C24H26N2O5S. The summed E-state index contributed by atoms with van der Waals surface area (Å²) in [7, 11) is -0.661. The lowest BCUT2D eigenvalue weighted by molar-refractivity contribution is -0.123. The standard InChI is InChI=1S/C24H26N2O5S/c1-26(2)32(28,29)23-11-7-6-10-20(23)16-25-24(27)18-31-22-14-12-21(13-15-22)30-17-19-8-4-3-5-9-19/h3-15H,16-18H2,1-2H3,(H,25,27). The maximum Gasteiger partial charge on any atom is 0.258 e. The van der Waals surface area contributed by atoms with Gasteiger partial charge in [0.15, 0.2) is 6.61 Å². The third kappa shape index (κ3) is 6.32. The van der Waals surface area contributed by atoms with Crippen molar-refractivity contribution >= 4 is 15.9 Å².